The van der Waals surface area contributed by atoms with Crippen molar-refractivity contribution in [3.8, 4) is 11.3 Å². The molecule has 1 aromatic heterocycles. The lowest BCUT2D eigenvalue weighted by molar-refractivity contribution is -0.143. The van der Waals surface area contributed by atoms with E-state index in [0.29, 0.717) is 29.8 Å². The molecule has 2 heterocycles. The fourth-order valence-corrected chi connectivity index (χ4v) is 2.94. The molecule has 5 nitrogen and oxygen atoms in total. The van der Waals surface area contributed by atoms with E-state index in [0.717, 1.165) is 24.9 Å². The summed E-state index contributed by atoms with van der Waals surface area (Å²) in [6, 6.07) is 7.41. The van der Waals surface area contributed by atoms with Gasteiger partial charge >= 0.3 is 5.97 Å². The maximum atomic E-state index is 11.1. The molecule has 1 atom stereocenters. The molecule has 1 aliphatic heterocycles. The maximum absolute atomic E-state index is 11.1. The molecule has 0 spiro atoms. The van der Waals surface area contributed by atoms with Crippen molar-refractivity contribution in [3.63, 3.8) is 0 Å². The molecule has 1 aromatic carbocycles. The standard InChI is InChI=1S/C16H17ClN2O3/c17-13-5-1-3-11(7-13)14-8-18-15(22-14)10-19-6-2-4-12(9-19)16(20)21/h1,3,5,7-8,12H,2,4,6,9-10H2,(H,20,21). The van der Waals surface area contributed by atoms with Crippen molar-refractivity contribution in [2.24, 2.45) is 5.92 Å². The zero-order valence-corrected chi connectivity index (χ0v) is 12.8. The Morgan fingerprint density at radius 1 is 1.50 bits per heavy atom. The number of carboxylic acid groups (broad SMARTS) is 1. The number of aliphatic carboxylic acids is 1. The van der Waals surface area contributed by atoms with Crippen molar-refractivity contribution in [3.05, 3.63) is 41.4 Å². The Hall–Kier alpha value is -1.85. The molecule has 1 fully saturated rings. The number of carboxylic acids is 1. The average molecular weight is 321 g/mol. The Morgan fingerprint density at radius 3 is 3.14 bits per heavy atom. The van der Waals surface area contributed by atoms with E-state index in [2.05, 4.69) is 9.88 Å². The van der Waals surface area contributed by atoms with E-state index in [1.54, 1.807) is 6.20 Å². The summed E-state index contributed by atoms with van der Waals surface area (Å²) in [7, 11) is 0. The quantitative estimate of drug-likeness (QED) is 0.936. The third-order valence-electron chi connectivity index (χ3n) is 3.88. The van der Waals surface area contributed by atoms with Crippen molar-refractivity contribution in [2.75, 3.05) is 13.1 Å². The minimum Gasteiger partial charge on any atom is -0.481 e. The first-order valence-electron chi connectivity index (χ1n) is 7.27. The lowest BCUT2D eigenvalue weighted by Crippen LogP contribution is -2.38. The van der Waals surface area contributed by atoms with Gasteiger partial charge in [-0.1, -0.05) is 23.7 Å². The Labute approximate surface area is 133 Å². The van der Waals surface area contributed by atoms with Crippen LogP contribution in [0.5, 0.6) is 0 Å². The second-order valence-electron chi connectivity index (χ2n) is 5.54. The summed E-state index contributed by atoms with van der Waals surface area (Å²) in [4.78, 5) is 17.5. The largest absolute Gasteiger partial charge is 0.481 e. The molecule has 0 amide bonds. The maximum Gasteiger partial charge on any atom is 0.307 e. The van der Waals surface area contributed by atoms with Crippen molar-refractivity contribution in [1.29, 1.82) is 0 Å². The van der Waals surface area contributed by atoms with Crippen LogP contribution < -0.4 is 0 Å². The Kier molecular flexibility index (Phi) is 4.45. The molecular formula is C16H17ClN2O3. The highest BCUT2D eigenvalue weighted by Crippen LogP contribution is 2.25. The van der Waals surface area contributed by atoms with Crippen LogP contribution in [0.2, 0.25) is 5.02 Å². The lowest BCUT2D eigenvalue weighted by Gasteiger charge is -2.29. The summed E-state index contributed by atoms with van der Waals surface area (Å²) in [5.41, 5.74) is 0.883. The predicted octanol–water partition coefficient (Wildman–Crippen LogP) is 3.29. The molecule has 1 unspecified atom stereocenters. The lowest BCUT2D eigenvalue weighted by atomic mass is 9.98. The molecule has 6 heteroatoms. The summed E-state index contributed by atoms with van der Waals surface area (Å²) >= 11 is 5.98. The van der Waals surface area contributed by atoms with Gasteiger partial charge in [0.25, 0.3) is 0 Å². The van der Waals surface area contributed by atoms with Crippen LogP contribution in [0.25, 0.3) is 11.3 Å². The summed E-state index contributed by atoms with van der Waals surface area (Å²) in [5.74, 6) is 0.248. The first-order valence-corrected chi connectivity index (χ1v) is 7.65. The number of carbonyl (C=O) groups is 1. The van der Waals surface area contributed by atoms with Crippen molar-refractivity contribution in [1.82, 2.24) is 9.88 Å². The molecule has 1 saturated heterocycles. The highest BCUT2D eigenvalue weighted by molar-refractivity contribution is 6.30. The van der Waals surface area contributed by atoms with Crippen LogP contribution in [-0.2, 0) is 11.3 Å². The number of oxazole rings is 1. The number of likely N-dealkylation sites (tertiary alicyclic amines) is 1. The third kappa shape index (κ3) is 3.48. The van der Waals surface area contributed by atoms with Crippen LogP contribution in [0.4, 0.5) is 0 Å². The fraction of sp³-hybridized carbons (Fsp3) is 0.375. The van der Waals surface area contributed by atoms with Crippen LogP contribution in [0.3, 0.4) is 0 Å². The van der Waals surface area contributed by atoms with Crippen LogP contribution >= 0.6 is 11.6 Å². The molecule has 1 aliphatic rings. The van der Waals surface area contributed by atoms with Gasteiger partial charge in [-0.25, -0.2) is 4.98 Å². The van der Waals surface area contributed by atoms with E-state index in [4.69, 9.17) is 21.1 Å². The molecule has 0 bridgehead atoms. The zero-order valence-electron chi connectivity index (χ0n) is 12.0. The van der Waals surface area contributed by atoms with Gasteiger partial charge in [0.1, 0.15) is 0 Å². The smallest absolute Gasteiger partial charge is 0.307 e. The fourth-order valence-electron chi connectivity index (χ4n) is 2.75. The molecule has 2 aromatic rings. The number of aromatic nitrogens is 1. The molecule has 22 heavy (non-hydrogen) atoms. The van der Waals surface area contributed by atoms with Gasteiger partial charge in [0.2, 0.25) is 5.89 Å². The topological polar surface area (TPSA) is 66.6 Å². The first kappa shape index (κ1) is 15.1. The van der Waals surface area contributed by atoms with Gasteiger partial charge in [-0.05, 0) is 31.5 Å². The average Bonchev–Trinajstić information content (AvgIpc) is 2.96. The van der Waals surface area contributed by atoms with Gasteiger partial charge < -0.3 is 9.52 Å². The van der Waals surface area contributed by atoms with E-state index in [1.165, 1.54) is 0 Å². The number of hydrogen-bond acceptors (Lipinski definition) is 4. The predicted molar refractivity (Wildman–Crippen MR) is 82.6 cm³/mol. The second-order valence-corrected chi connectivity index (χ2v) is 5.98. The number of hydrogen-bond donors (Lipinski definition) is 1. The number of benzene rings is 1. The van der Waals surface area contributed by atoms with Gasteiger partial charge in [-0.2, -0.15) is 0 Å². The SMILES string of the molecule is O=C(O)C1CCCN(Cc2ncc(-c3cccc(Cl)c3)o2)C1. The summed E-state index contributed by atoms with van der Waals surface area (Å²) < 4.78 is 5.76. The minimum absolute atomic E-state index is 0.295. The van der Waals surface area contributed by atoms with Crippen molar-refractivity contribution < 1.29 is 14.3 Å². The van der Waals surface area contributed by atoms with E-state index in [-0.39, 0.29) is 5.92 Å². The van der Waals surface area contributed by atoms with E-state index >= 15 is 0 Å². The normalized spacial score (nSPS) is 19.2. The van der Waals surface area contributed by atoms with E-state index in [9.17, 15) is 4.79 Å². The first-order chi connectivity index (χ1) is 10.6. The molecular weight excluding hydrogens is 304 g/mol. The van der Waals surface area contributed by atoms with E-state index in [1.807, 2.05) is 24.3 Å². The van der Waals surface area contributed by atoms with Crippen LogP contribution in [0.1, 0.15) is 18.7 Å². The van der Waals surface area contributed by atoms with Gasteiger partial charge in [0.05, 0.1) is 18.7 Å². The molecule has 3 rings (SSSR count). The highest BCUT2D eigenvalue weighted by Gasteiger charge is 2.26. The van der Waals surface area contributed by atoms with Gasteiger partial charge in [-0.3, -0.25) is 9.69 Å². The monoisotopic (exact) mass is 320 g/mol. The van der Waals surface area contributed by atoms with E-state index < -0.39 is 5.97 Å². The summed E-state index contributed by atoms with van der Waals surface area (Å²) in [6.45, 7) is 1.95. The molecule has 116 valence electrons. The second kappa shape index (κ2) is 6.50. The molecule has 1 N–H and O–H groups in total. The Bertz CT molecular complexity index is 671. The van der Waals surface area contributed by atoms with Crippen molar-refractivity contribution >= 4 is 17.6 Å². The number of nitrogens with zero attached hydrogens (tertiary/aromatic N) is 2. The van der Waals surface area contributed by atoms with Crippen LogP contribution in [0.15, 0.2) is 34.9 Å². The van der Waals surface area contributed by atoms with Crippen LogP contribution in [0, 0.1) is 5.92 Å². The summed E-state index contributed by atoms with van der Waals surface area (Å²) in [5, 5.41) is 9.77. The Morgan fingerprint density at radius 2 is 2.36 bits per heavy atom. The number of rotatable bonds is 4. The Balaban J connectivity index is 1.68. The molecule has 0 aliphatic carbocycles. The summed E-state index contributed by atoms with van der Waals surface area (Å²) in [6.07, 6.45) is 3.31. The number of piperidine rings is 1. The highest BCUT2D eigenvalue weighted by atomic mass is 35.5. The number of halogens is 1. The van der Waals surface area contributed by atoms with Gasteiger partial charge in [0, 0.05) is 17.1 Å². The minimum atomic E-state index is -0.725. The van der Waals surface area contributed by atoms with Gasteiger partial charge in [-0.15, -0.1) is 0 Å². The van der Waals surface area contributed by atoms with Gasteiger partial charge in [0.15, 0.2) is 5.76 Å². The van der Waals surface area contributed by atoms with Crippen molar-refractivity contribution in [2.45, 2.75) is 19.4 Å². The van der Waals surface area contributed by atoms with Crippen LogP contribution in [-0.4, -0.2) is 34.0 Å². The molecule has 0 radical (unpaired) electrons. The third-order valence-corrected chi connectivity index (χ3v) is 4.11. The zero-order chi connectivity index (χ0) is 15.5. The molecule has 0 saturated carbocycles.